The Morgan fingerprint density at radius 2 is 1.84 bits per heavy atom. The summed E-state index contributed by atoms with van der Waals surface area (Å²) >= 11 is 1.49. The molecule has 0 spiro atoms. The van der Waals surface area contributed by atoms with Crippen molar-refractivity contribution in [3.63, 3.8) is 0 Å². The number of carbonyl (C=O) groups excluding carboxylic acids is 1. The van der Waals surface area contributed by atoms with Crippen molar-refractivity contribution >= 4 is 34.9 Å². The molecule has 5 rings (SSSR count). The zero-order valence-corrected chi connectivity index (χ0v) is 25.4. The minimum atomic E-state index is -4.77. The van der Waals surface area contributed by atoms with Gasteiger partial charge < -0.3 is 9.64 Å². The number of ether oxygens (including phenoxy) is 1. The van der Waals surface area contributed by atoms with Gasteiger partial charge in [0.2, 0.25) is 0 Å². The number of benzene rings is 3. The van der Waals surface area contributed by atoms with Crippen LogP contribution in [-0.2, 0) is 0 Å². The smallest absolute Gasteiger partial charge is 0.406 e. The van der Waals surface area contributed by atoms with Gasteiger partial charge in [0.1, 0.15) is 18.0 Å². The minimum absolute atomic E-state index is 0.304. The summed E-state index contributed by atoms with van der Waals surface area (Å²) in [6.45, 7) is 7.09. The normalized spacial score (nSPS) is 15.2. The molecule has 0 radical (unpaired) electrons. The van der Waals surface area contributed by atoms with Crippen LogP contribution in [0.3, 0.4) is 0 Å². The van der Waals surface area contributed by atoms with E-state index in [0.717, 1.165) is 18.0 Å². The zero-order chi connectivity index (χ0) is 32.1. The molecule has 0 saturated carbocycles. The second-order valence-electron chi connectivity index (χ2n) is 10.4. The number of hydrogen-bond acceptors (Lipinski definition) is 6. The fourth-order valence-electron chi connectivity index (χ4n) is 4.97. The summed E-state index contributed by atoms with van der Waals surface area (Å²) < 4.78 is 42.6. The van der Waals surface area contributed by atoms with Crippen molar-refractivity contribution in [1.82, 2.24) is 14.8 Å². The summed E-state index contributed by atoms with van der Waals surface area (Å²) in [5, 5.41) is 14.7. The van der Waals surface area contributed by atoms with Gasteiger partial charge in [-0.25, -0.2) is 19.5 Å². The highest BCUT2D eigenvalue weighted by Crippen LogP contribution is 2.35. The van der Waals surface area contributed by atoms with Gasteiger partial charge in [0.05, 0.1) is 11.8 Å². The summed E-state index contributed by atoms with van der Waals surface area (Å²) in [6, 6.07) is 19.7. The van der Waals surface area contributed by atoms with Crippen LogP contribution in [0.4, 0.5) is 23.7 Å². The predicted molar refractivity (Wildman–Crippen MR) is 168 cm³/mol. The fourth-order valence-corrected chi connectivity index (χ4v) is 5.92. The molecule has 1 atom stereocenters. The monoisotopic (exact) mass is 631 g/mol. The maximum absolute atomic E-state index is 12.7. The van der Waals surface area contributed by atoms with E-state index in [1.807, 2.05) is 17.0 Å². The van der Waals surface area contributed by atoms with E-state index >= 15 is 0 Å². The highest BCUT2D eigenvalue weighted by atomic mass is 32.2. The average Bonchev–Trinajstić information content (AvgIpc) is 3.67. The van der Waals surface area contributed by atoms with Gasteiger partial charge in [0.25, 0.3) is 0 Å². The molecule has 3 aromatic carbocycles. The van der Waals surface area contributed by atoms with Crippen molar-refractivity contribution in [2.45, 2.75) is 39.0 Å². The first-order valence-corrected chi connectivity index (χ1v) is 15.0. The number of aryl methyl sites for hydroxylation is 1. The number of amides is 2. The molecule has 0 N–H and O–H groups in total. The molecule has 45 heavy (non-hydrogen) atoms. The number of alkyl halides is 3. The lowest BCUT2D eigenvalue weighted by Crippen LogP contribution is -2.26. The highest BCUT2D eigenvalue weighted by Gasteiger charge is 2.31. The van der Waals surface area contributed by atoms with E-state index in [1.165, 1.54) is 64.4 Å². The van der Waals surface area contributed by atoms with E-state index in [1.54, 1.807) is 24.3 Å². The molecule has 1 aliphatic heterocycles. The molecule has 1 aromatic heterocycles. The van der Waals surface area contributed by atoms with Gasteiger partial charge in [-0.3, -0.25) is 0 Å². The Bertz CT molecular complexity index is 1780. The third-order valence-corrected chi connectivity index (χ3v) is 7.92. The standard InChI is InChI=1S/C32H28F3N7O2S/c1-20(2)28-21(3)5-4-6-27(28)41-15-16-45-31(41)39-30(43)37-18-24(17-36)22-7-9-23(10-8-22)29-38-19-42(40-29)25-11-13-26(14-12-25)44-32(33,34)35/h4-14,18-20,24H,15-16H2,1-3H3. The Labute approximate surface area is 262 Å². The van der Waals surface area contributed by atoms with Crippen molar-refractivity contribution in [3.05, 3.63) is 89.7 Å². The second-order valence-corrected chi connectivity index (χ2v) is 11.5. The van der Waals surface area contributed by atoms with Gasteiger partial charge in [-0.15, -0.1) is 18.3 Å². The van der Waals surface area contributed by atoms with Crippen LogP contribution < -0.4 is 9.64 Å². The third kappa shape index (κ3) is 7.58. The topological polar surface area (TPSA) is 109 Å². The number of hydrogen-bond donors (Lipinski definition) is 0. The summed E-state index contributed by atoms with van der Waals surface area (Å²) in [4.78, 5) is 27.3. The Hall–Kier alpha value is -4.96. The van der Waals surface area contributed by atoms with E-state index in [9.17, 15) is 23.2 Å². The van der Waals surface area contributed by atoms with Crippen LogP contribution in [0.5, 0.6) is 5.75 Å². The van der Waals surface area contributed by atoms with Crippen molar-refractivity contribution < 1.29 is 22.7 Å². The molecule has 1 saturated heterocycles. The SMILES string of the molecule is Cc1cccc(N2CCSC2=NC(=O)N=CC(C#N)c2ccc(-c3ncn(-c4ccc(OC(F)(F)F)cc4)n3)cc2)c1C(C)C. The van der Waals surface area contributed by atoms with Crippen molar-refractivity contribution in [1.29, 1.82) is 5.26 Å². The van der Waals surface area contributed by atoms with Crippen LogP contribution in [0.25, 0.3) is 17.1 Å². The maximum Gasteiger partial charge on any atom is 0.573 e. The second kappa shape index (κ2) is 13.4. The van der Waals surface area contributed by atoms with E-state index in [2.05, 4.69) is 57.7 Å². The van der Waals surface area contributed by atoms with Crippen LogP contribution in [0, 0.1) is 18.3 Å². The van der Waals surface area contributed by atoms with Gasteiger partial charge in [-0.1, -0.05) is 62.0 Å². The number of aromatic nitrogens is 3. The zero-order valence-electron chi connectivity index (χ0n) is 24.6. The summed E-state index contributed by atoms with van der Waals surface area (Å²) in [7, 11) is 0. The largest absolute Gasteiger partial charge is 0.573 e. The number of aliphatic imine (C=N–C) groups is 2. The number of nitrogens with zero attached hydrogens (tertiary/aromatic N) is 7. The molecule has 230 valence electrons. The number of thioether (sulfide) groups is 1. The van der Waals surface area contributed by atoms with Crippen LogP contribution in [0.15, 0.2) is 83.0 Å². The quantitative estimate of drug-likeness (QED) is 0.193. The van der Waals surface area contributed by atoms with E-state index < -0.39 is 18.3 Å². The van der Waals surface area contributed by atoms with E-state index in [-0.39, 0.29) is 5.75 Å². The molecule has 4 aromatic rings. The number of urea groups is 1. The number of anilines is 1. The maximum atomic E-state index is 12.7. The molecule has 13 heteroatoms. The lowest BCUT2D eigenvalue weighted by Gasteiger charge is -2.24. The Kier molecular flexibility index (Phi) is 9.34. The van der Waals surface area contributed by atoms with Gasteiger partial charge in [-0.05, 0) is 59.9 Å². The highest BCUT2D eigenvalue weighted by molar-refractivity contribution is 8.14. The third-order valence-electron chi connectivity index (χ3n) is 6.97. The Morgan fingerprint density at radius 1 is 1.11 bits per heavy atom. The van der Waals surface area contributed by atoms with Crippen LogP contribution in [0.1, 0.15) is 42.4 Å². The minimum Gasteiger partial charge on any atom is -0.406 e. The first-order chi connectivity index (χ1) is 21.5. The Balaban J connectivity index is 1.26. The molecular formula is C32H28F3N7O2S. The molecule has 1 unspecified atom stereocenters. The number of carbonyl (C=O) groups is 1. The summed E-state index contributed by atoms with van der Waals surface area (Å²) in [5.74, 6) is 0.346. The molecule has 9 nitrogen and oxygen atoms in total. The molecular weight excluding hydrogens is 603 g/mol. The number of nitriles is 1. The van der Waals surface area contributed by atoms with Crippen LogP contribution in [-0.4, -0.2) is 50.8 Å². The number of halogens is 3. The number of rotatable bonds is 7. The first kappa shape index (κ1) is 31.5. The molecule has 2 amide bonds. The van der Waals surface area contributed by atoms with Crippen molar-refractivity contribution in [3.8, 4) is 28.9 Å². The van der Waals surface area contributed by atoms with Gasteiger partial charge >= 0.3 is 12.4 Å². The molecule has 0 bridgehead atoms. The lowest BCUT2D eigenvalue weighted by atomic mass is 9.95. The summed E-state index contributed by atoms with van der Waals surface area (Å²) in [6.07, 6.45) is -2.05. The molecule has 1 aliphatic rings. The molecule has 0 aliphatic carbocycles. The average molecular weight is 632 g/mol. The fraction of sp³-hybridized carbons (Fsp3) is 0.250. The van der Waals surface area contributed by atoms with E-state index in [0.29, 0.717) is 33.7 Å². The lowest BCUT2D eigenvalue weighted by molar-refractivity contribution is -0.274. The van der Waals surface area contributed by atoms with Gasteiger partial charge in [-0.2, -0.15) is 10.3 Å². The van der Waals surface area contributed by atoms with Gasteiger partial charge in [0, 0.05) is 29.8 Å². The van der Waals surface area contributed by atoms with Crippen molar-refractivity contribution in [2.75, 3.05) is 17.2 Å². The summed E-state index contributed by atoms with van der Waals surface area (Å²) in [5.41, 5.74) is 5.19. The van der Waals surface area contributed by atoms with E-state index in [4.69, 9.17) is 0 Å². The first-order valence-electron chi connectivity index (χ1n) is 14.0. The van der Waals surface area contributed by atoms with Gasteiger partial charge in [0.15, 0.2) is 11.0 Å². The van der Waals surface area contributed by atoms with Crippen molar-refractivity contribution in [2.24, 2.45) is 9.98 Å². The number of amidine groups is 1. The Morgan fingerprint density at radius 3 is 2.51 bits per heavy atom. The molecule has 1 fully saturated rings. The van der Waals surface area contributed by atoms with Crippen LogP contribution in [0.2, 0.25) is 0 Å². The molecule has 2 heterocycles. The van der Waals surface area contributed by atoms with Crippen LogP contribution >= 0.6 is 11.8 Å². The predicted octanol–water partition coefficient (Wildman–Crippen LogP) is 7.67.